The highest BCUT2D eigenvalue weighted by Gasteiger charge is 2.65. The summed E-state index contributed by atoms with van der Waals surface area (Å²) >= 11 is 14.6. The average Bonchev–Trinajstić information content (AvgIpc) is 1.56. The van der Waals surface area contributed by atoms with Gasteiger partial charge < -0.3 is 68.0 Å². The first-order valence-corrected chi connectivity index (χ1v) is 51.5. The van der Waals surface area contributed by atoms with Crippen molar-refractivity contribution in [1.29, 1.82) is 0 Å². The number of H-pyrrole nitrogens is 1. The number of anilines is 1. The number of Topliss-reactive ketones (excluding diaryl/α,β-unsaturated/α-hetero) is 1. The first-order chi connectivity index (χ1) is 68.5. The number of hydrogen-bond acceptors (Lipinski definition) is 25. The van der Waals surface area contributed by atoms with Crippen LogP contribution < -0.4 is 25.0 Å². The molecule has 8 heterocycles. The van der Waals surface area contributed by atoms with Gasteiger partial charge in [0.1, 0.15) is 52.3 Å². The molecule has 4 N–H and O–H groups in total. The number of alkyl carbamates (subject to hydrolysis) is 1. The van der Waals surface area contributed by atoms with Gasteiger partial charge in [-0.2, -0.15) is 0 Å². The number of allylic oxidation sites excluding steroid dienone is 4. The van der Waals surface area contributed by atoms with E-state index in [1.807, 2.05) is 122 Å². The lowest BCUT2D eigenvalue weighted by molar-refractivity contribution is -0.162. The highest BCUT2D eigenvalue weighted by Crippen LogP contribution is 2.50. The van der Waals surface area contributed by atoms with Crippen molar-refractivity contribution in [3.05, 3.63) is 237 Å². The molecule has 3 aromatic heterocycles. The maximum atomic E-state index is 15.5. The second-order valence-electron chi connectivity index (χ2n) is 38.7. The molecule has 3 saturated heterocycles. The lowest BCUT2D eigenvalue weighted by Gasteiger charge is -2.42. The summed E-state index contributed by atoms with van der Waals surface area (Å²) in [6.45, 7) is 13.7. The van der Waals surface area contributed by atoms with E-state index in [-0.39, 0.29) is 90.9 Å². The number of amides is 7. The number of halogens is 2. The summed E-state index contributed by atoms with van der Waals surface area (Å²) in [6, 6.07) is 36.3. The fraction of sp³-hybridized carbons (Fsp3) is 0.509. The number of thioether (sulfide) groups is 1. The Morgan fingerprint density at radius 1 is 0.754 bits per heavy atom. The van der Waals surface area contributed by atoms with E-state index in [4.69, 9.17) is 66.1 Å². The number of methoxy groups -OCH3 is 2. The van der Waals surface area contributed by atoms with Gasteiger partial charge in [0, 0.05) is 184 Å². The molecule has 760 valence electrons. The van der Waals surface area contributed by atoms with E-state index in [1.165, 1.54) is 54.7 Å². The molecule has 0 radical (unpaired) electrons. The Kier molecular flexibility index (Phi) is 38.3. The van der Waals surface area contributed by atoms with Crippen molar-refractivity contribution in [2.45, 2.75) is 241 Å². The maximum Gasteiger partial charge on any atom is 0.409 e. The molecule has 1 unspecified atom stereocenters. The average molecular weight is 2010 g/mol. The van der Waals surface area contributed by atoms with Gasteiger partial charge in [-0.15, -0.1) is 11.8 Å². The molecule has 2 aliphatic carbocycles. The number of carbonyl (C=O) groups is 9. The number of ether oxygens (including phenoxy) is 8. The molecule has 5 aliphatic heterocycles. The number of aromatic nitrogens is 4. The van der Waals surface area contributed by atoms with Crippen molar-refractivity contribution >= 4 is 99.7 Å². The number of ketones is 1. The topological polar surface area (TPSA) is 361 Å². The fourth-order valence-electron chi connectivity index (χ4n) is 20.1. The van der Waals surface area contributed by atoms with Gasteiger partial charge >= 0.3 is 12.1 Å². The molecule has 7 amide bonds. The molecular formula is C108H135Cl2N13O18S. The largest absolute Gasteiger partial charge is 0.495 e. The summed E-state index contributed by atoms with van der Waals surface area (Å²) in [5.41, 5.74) is 5.72. The third-order valence-corrected chi connectivity index (χ3v) is 30.1. The molecule has 9 atom stereocenters. The number of likely N-dealkylation sites (tertiary alicyclic amines) is 1. The SMILES string of the molecule is COc1cc2cc(c1Cl)N(C)C(=O)C[C@H](OC(=O)[C@@H](C)N(C)C(=O)CCSC1CC(=O)N(CC3CCC(C(=O)NCCOCCOCCCC(=O)c4ccc(CN(CCCCOc5cc(CN(CC6=NC=CC6)Cc6ccccn6)cc(CN(Cc6ccccn6)Cc6ncc[nH]6)c5)C(=O)C5(c6ccc(Cl)cc6)CCCCC5)cc4)CC3)C1=O)[C@]1(C)O[C@@H]1[C@H](C)[C@@H]1C[C@@](O)(NC(=O)O1)[C@H](OC)/C=C/C=C(\C)C2. The normalized spacial score (nSPS) is 23.2. The number of nitrogens with one attached hydrogen (secondary N) is 3. The van der Waals surface area contributed by atoms with Crippen LogP contribution in [-0.2, 0) is 113 Å². The van der Waals surface area contributed by atoms with Gasteiger partial charge in [0.25, 0.3) is 0 Å². The smallest absolute Gasteiger partial charge is 0.409 e. The maximum absolute atomic E-state index is 15.5. The molecule has 0 spiro atoms. The number of likely N-dealkylation sites (N-methyl/N-ethyl adjacent to an activating group) is 1. The molecule has 14 rings (SSSR count). The number of rotatable bonds is 45. The van der Waals surface area contributed by atoms with Crippen LogP contribution in [0.4, 0.5) is 10.5 Å². The lowest BCUT2D eigenvalue weighted by atomic mass is 9.68. The number of imide groups is 1. The first kappa shape index (κ1) is 107. The quantitative estimate of drug-likeness (QED) is 0.00905. The fourth-order valence-corrected chi connectivity index (χ4v) is 21.6. The van der Waals surface area contributed by atoms with Crippen LogP contribution in [0.15, 0.2) is 181 Å². The summed E-state index contributed by atoms with van der Waals surface area (Å²) in [5, 5.41) is 17.6. The Balaban J connectivity index is 0.496. The molecule has 5 fully saturated rings. The van der Waals surface area contributed by atoms with E-state index in [1.54, 1.807) is 51.4 Å². The molecule has 4 aromatic carbocycles. The monoisotopic (exact) mass is 2000 g/mol. The molecular weight excluding hydrogens is 1870 g/mol. The van der Waals surface area contributed by atoms with Crippen LogP contribution in [0.1, 0.15) is 199 Å². The van der Waals surface area contributed by atoms with Gasteiger partial charge in [-0.25, -0.2) is 14.6 Å². The third kappa shape index (κ3) is 28.8. The Hall–Kier alpha value is -11.0. The van der Waals surface area contributed by atoms with Crippen LogP contribution in [0.2, 0.25) is 10.0 Å². The Morgan fingerprint density at radius 2 is 1.46 bits per heavy atom. The molecule has 7 aromatic rings. The first-order valence-electron chi connectivity index (χ1n) is 49.6. The Labute approximate surface area is 846 Å². The van der Waals surface area contributed by atoms with Crippen molar-refractivity contribution in [2.75, 3.05) is 98.2 Å². The van der Waals surface area contributed by atoms with Gasteiger partial charge in [0.2, 0.25) is 35.4 Å². The zero-order valence-electron chi connectivity index (χ0n) is 82.6. The molecule has 7 aliphatic rings. The number of carbonyl (C=O) groups excluding carboxylic acids is 9. The number of nitrogens with zero attached hydrogens (tertiary/aromatic N) is 10. The van der Waals surface area contributed by atoms with Gasteiger partial charge in [-0.05, 0) is 179 Å². The van der Waals surface area contributed by atoms with E-state index >= 15 is 4.79 Å². The second-order valence-corrected chi connectivity index (χ2v) is 40.8. The van der Waals surface area contributed by atoms with Crippen molar-refractivity contribution in [2.24, 2.45) is 22.7 Å². The molecule has 2 saturated carbocycles. The standard InChI is InChI=1S/C108H135Cl2N13O18S/c1-72-21-18-26-93(135-8)108(133)63-91(139-105(132)117-108)73(2)100-106(4,141-100)94(62-97(126)119(6)88-59-77(55-72)60-90(134-7)99(88)110)140-103(130)74(3)118(5)96(125)39-54-142-92-61-98(127)123(102(92)129)67-76-29-33-81(34-30-76)101(128)116-47-51-137-53-52-136-49-20-25-89(124)80-31-27-75(28-32-80)66-122(104(131)107(40-12-9-13-41-107)82-35-37-83(109)38-36-82)48-16-17-50-138-87-57-78(64-120(69-86-24-19-44-113-86)68-84-22-10-14-42-111-84)56-79(58-87)65-121(71-95-114-45-46-115-95)70-85-23-11-15-43-112-85/h10-11,14-15,18-19,21-23,26-28,31-32,35-38,42-46,56-60,73-74,76,81,91-94,100,133H,9,12-13,16-17,20,24-25,29-30,33-34,39-41,47-55,61-71H2,1-8H3,(H,114,115)(H,116,128)(H,117,132)/b26-18+,72-21+/t73-,74-,76?,81?,91+,92?,93-,94+,100-,106+,108+/m1/s1. The number of fused-ring (bicyclic) bond motifs is 5. The number of unbranched alkanes of at least 4 members (excludes halogenated alkanes) is 1. The Morgan fingerprint density at radius 3 is 2.13 bits per heavy atom. The van der Waals surface area contributed by atoms with E-state index < -0.39 is 88.7 Å². The van der Waals surface area contributed by atoms with Crippen LogP contribution >= 0.6 is 35.0 Å². The highest BCUT2D eigenvalue weighted by molar-refractivity contribution is 8.00. The van der Waals surface area contributed by atoms with E-state index in [9.17, 15) is 43.5 Å². The number of epoxide rings is 1. The minimum Gasteiger partial charge on any atom is -0.495 e. The lowest BCUT2D eigenvalue weighted by Crippen LogP contribution is -2.63. The van der Waals surface area contributed by atoms with Crippen LogP contribution in [0.25, 0.3) is 0 Å². The minimum absolute atomic E-state index is 0.0112. The summed E-state index contributed by atoms with van der Waals surface area (Å²) < 4.78 is 48.2. The zero-order valence-corrected chi connectivity index (χ0v) is 85.0. The van der Waals surface area contributed by atoms with Crippen molar-refractivity contribution in [3.8, 4) is 11.5 Å². The van der Waals surface area contributed by atoms with Crippen LogP contribution in [0.5, 0.6) is 11.5 Å². The second kappa shape index (κ2) is 51.0. The summed E-state index contributed by atoms with van der Waals surface area (Å²) in [4.78, 5) is 158. The number of hydrogen-bond donors (Lipinski definition) is 4. The van der Waals surface area contributed by atoms with Crippen molar-refractivity contribution in [3.63, 3.8) is 0 Å². The summed E-state index contributed by atoms with van der Waals surface area (Å²) in [6.07, 6.45) is 21.2. The number of aromatic amines is 1. The number of imidazole rings is 1. The molecule has 142 heavy (non-hydrogen) atoms. The van der Waals surface area contributed by atoms with Gasteiger partial charge in [-0.3, -0.25) is 68.5 Å². The number of aliphatic imine (C=N–C) groups is 1. The predicted octanol–water partition coefficient (Wildman–Crippen LogP) is 15.2. The molecule has 31 nitrogen and oxygen atoms in total. The minimum atomic E-state index is -1.90. The van der Waals surface area contributed by atoms with Crippen molar-refractivity contribution < 1.29 is 86.2 Å². The zero-order chi connectivity index (χ0) is 100. The van der Waals surface area contributed by atoms with E-state index in [2.05, 4.69) is 70.7 Å². The number of pyridine rings is 2. The van der Waals surface area contributed by atoms with Crippen LogP contribution in [0, 0.1) is 17.8 Å². The molecule has 34 heteroatoms. The van der Waals surface area contributed by atoms with Crippen LogP contribution in [0.3, 0.4) is 0 Å². The predicted molar refractivity (Wildman–Crippen MR) is 541 cm³/mol. The Bertz CT molecular complexity index is 5590. The van der Waals surface area contributed by atoms with Gasteiger partial charge in [0.15, 0.2) is 11.5 Å². The summed E-state index contributed by atoms with van der Waals surface area (Å²) in [7, 11) is 5.89. The van der Waals surface area contributed by atoms with Crippen LogP contribution in [-0.4, -0.2) is 249 Å². The number of benzene rings is 4. The number of esters is 1. The highest BCUT2D eigenvalue weighted by atomic mass is 35.5. The summed E-state index contributed by atoms with van der Waals surface area (Å²) in [5.74, 6) is -1.11. The van der Waals surface area contributed by atoms with E-state index in [0.29, 0.717) is 159 Å². The third-order valence-electron chi connectivity index (χ3n) is 28.3. The van der Waals surface area contributed by atoms with Gasteiger partial charge in [-0.1, -0.05) is 134 Å². The van der Waals surface area contributed by atoms with Gasteiger partial charge in [0.05, 0.1) is 80.3 Å². The molecule has 4 bridgehead atoms. The number of aliphatic hydroxyl groups is 1. The van der Waals surface area contributed by atoms with Crippen molar-refractivity contribution in [1.82, 2.24) is 55.1 Å². The van der Waals surface area contributed by atoms with E-state index in [0.717, 1.165) is 101 Å².